The number of unbranched alkanes of at least 4 members (excludes halogenated alkanes) is 2. The van der Waals surface area contributed by atoms with Crippen LogP contribution in [0.3, 0.4) is 0 Å². The summed E-state index contributed by atoms with van der Waals surface area (Å²) in [5, 5.41) is 2.66. The minimum absolute atomic E-state index is 0. The van der Waals surface area contributed by atoms with Gasteiger partial charge in [-0.25, -0.2) is 11.6 Å². The molecule has 2 aromatic carbocycles. The summed E-state index contributed by atoms with van der Waals surface area (Å²) in [6, 6.07) is 14.7. The van der Waals surface area contributed by atoms with Gasteiger partial charge in [-0.2, -0.15) is 23.6 Å². The molecule has 0 fully saturated rings. The second-order valence-corrected chi connectivity index (χ2v) is 5.57. The predicted octanol–water partition coefficient (Wildman–Crippen LogP) is 7.23. The van der Waals surface area contributed by atoms with E-state index in [1.165, 1.54) is 48.4 Å². The van der Waals surface area contributed by atoms with Crippen molar-refractivity contribution >= 4 is 10.8 Å². The van der Waals surface area contributed by atoms with Gasteiger partial charge in [-0.1, -0.05) is 58.9 Å². The van der Waals surface area contributed by atoms with Crippen LogP contribution in [-0.2, 0) is 25.8 Å². The third-order valence-corrected chi connectivity index (χ3v) is 3.61. The molecule has 1 aliphatic rings. The van der Waals surface area contributed by atoms with Crippen molar-refractivity contribution in [3.63, 3.8) is 0 Å². The minimum atomic E-state index is 0. The van der Waals surface area contributed by atoms with Crippen LogP contribution in [0.1, 0.15) is 59.3 Å². The number of allylic oxidation sites excluding steroid dienone is 4. The summed E-state index contributed by atoms with van der Waals surface area (Å²) in [7, 11) is 0. The molecule has 0 nitrogen and oxygen atoms in total. The summed E-state index contributed by atoms with van der Waals surface area (Å²) >= 11 is 0. The Bertz CT molecular complexity index is 528. The van der Waals surface area contributed by atoms with E-state index in [0.717, 1.165) is 6.42 Å². The second kappa shape index (κ2) is 14.8. The van der Waals surface area contributed by atoms with Crippen molar-refractivity contribution in [2.24, 2.45) is 0 Å². The number of benzene rings is 1. The average molecular weight is 473 g/mol. The van der Waals surface area contributed by atoms with E-state index < -0.39 is 0 Å². The van der Waals surface area contributed by atoms with Gasteiger partial charge in [0.25, 0.3) is 0 Å². The maximum absolute atomic E-state index is 3.30. The number of hydrogen-bond donors (Lipinski definition) is 0. The van der Waals surface area contributed by atoms with Gasteiger partial charge in [0.2, 0.25) is 0 Å². The van der Waals surface area contributed by atoms with Gasteiger partial charge in [-0.3, -0.25) is 6.08 Å². The van der Waals surface area contributed by atoms with E-state index in [4.69, 9.17) is 0 Å². The molecule has 0 aromatic heterocycles. The molecule has 0 heterocycles. The monoisotopic (exact) mass is 474 g/mol. The van der Waals surface area contributed by atoms with Crippen LogP contribution < -0.4 is 0 Å². The molecule has 0 atom stereocenters. The van der Waals surface area contributed by atoms with E-state index in [0.29, 0.717) is 0 Å². The molecule has 0 N–H and O–H groups in total. The van der Waals surface area contributed by atoms with Crippen LogP contribution in [0.5, 0.6) is 0 Å². The zero-order chi connectivity index (χ0) is 16.0. The molecule has 0 radical (unpaired) electrons. The van der Waals surface area contributed by atoms with Crippen LogP contribution >= 0.6 is 0 Å². The van der Waals surface area contributed by atoms with Gasteiger partial charge < -0.3 is 0 Å². The molecule has 124 valence electrons. The van der Waals surface area contributed by atoms with Crippen LogP contribution in [0.4, 0.5) is 0 Å². The molecule has 0 bridgehead atoms. The first-order chi connectivity index (χ1) is 10.8. The normalized spacial score (nSPS) is 11.7. The fourth-order valence-electron chi connectivity index (χ4n) is 2.06. The van der Waals surface area contributed by atoms with Crippen LogP contribution in [0.25, 0.3) is 10.8 Å². The topological polar surface area (TPSA) is 0 Å². The minimum Gasteiger partial charge on any atom is -0.269 e. The molecule has 2 aromatic rings. The van der Waals surface area contributed by atoms with Crippen molar-refractivity contribution < 1.29 is 25.8 Å². The third kappa shape index (κ3) is 9.81. The van der Waals surface area contributed by atoms with Crippen molar-refractivity contribution in [2.75, 3.05) is 0 Å². The summed E-state index contributed by atoms with van der Waals surface area (Å²) in [5.41, 5.74) is 1.41. The van der Waals surface area contributed by atoms with Gasteiger partial charge in [-0.05, 0) is 0 Å². The van der Waals surface area contributed by atoms with Crippen molar-refractivity contribution in [1.82, 2.24) is 0 Å². The van der Waals surface area contributed by atoms with Gasteiger partial charge in [0.05, 0.1) is 0 Å². The Hall–Kier alpha value is -0.820. The largest absolute Gasteiger partial charge is 0.269 e. The van der Waals surface area contributed by atoms with Crippen LogP contribution in [-0.4, -0.2) is 0 Å². The van der Waals surface area contributed by atoms with E-state index in [1.54, 1.807) is 0 Å². The molecule has 0 aliphatic heterocycles. The average Bonchev–Trinajstić information content (AvgIpc) is 3.25. The Balaban J connectivity index is 0.000000333. The van der Waals surface area contributed by atoms with Crippen molar-refractivity contribution in [3.8, 4) is 0 Å². The number of rotatable bonds is 4. The molecule has 0 saturated carbocycles. The Morgan fingerprint density at radius 1 is 1.00 bits per heavy atom. The Morgan fingerprint density at radius 3 is 2.30 bits per heavy atom. The van der Waals surface area contributed by atoms with Crippen molar-refractivity contribution in [1.29, 1.82) is 0 Å². The Morgan fingerprint density at radius 2 is 1.74 bits per heavy atom. The fourth-order valence-corrected chi connectivity index (χ4v) is 2.06. The van der Waals surface area contributed by atoms with E-state index >= 15 is 0 Å². The predicted molar refractivity (Wildman–Crippen MR) is 100 cm³/mol. The van der Waals surface area contributed by atoms with E-state index in [2.05, 4.69) is 81.5 Å². The third-order valence-electron chi connectivity index (χ3n) is 3.61. The number of fused-ring (bicyclic) bond motifs is 1. The maximum Gasteiger partial charge on any atom is 0 e. The molecule has 23 heavy (non-hydrogen) atoms. The summed E-state index contributed by atoms with van der Waals surface area (Å²) in [6.45, 7) is 6.58. The molecule has 0 spiro atoms. The summed E-state index contributed by atoms with van der Waals surface area (Å²) in [6.07, 6.45) is 15.2. The van der Waals surface area contributed by atoms with E-state index in [1.807, 2.05) is 0 Å². The van der Waals surface area contributed by atoms with E-state index in [9.17, 15) is 0 Å². The Labute approximate surface area is 161 Å². The molecule has 0 unspecified atom stereocenters. The van der Waals surface area contributed by atoms with Gasteiger partial charge in [0, 0.05) is 25.8 Å². The first-order valence-electron chi connectivity index (χ1n) is 8.68. The van der Waals surface area contributed by atoms with Crippen molar-refractivity contribution in [2.45, 2.75) is 59.3 Å². The van der Waals surface area contributed by atoms with Gasteiger partial charge >= 0.3 is 0 Å². The molecule has 0 saturated heterocycles. The summed E-state index contributed by atoms with van der Waals surface area (Å²) in [4.78, 5) is 0. The molecule has 3 rings (SSSR count). The van der Waals surface area contributed by atoms with Gasteiger partial charge in [-0.15, -0.1) is 36.1 Å². The summed E-state index contributed by atoms with van der Waals surface area (Å²) in [5.74, 6) is 0. The maximum atomic E-state index is 3.30. The van der Waals surface area contributed by atoms with Gasteiger partial charge in [0.15, 0.2) is 0 Å². The van der Waals surface area contributed by atoms with Gasteiger partial charge in [0.1, 0.15) is 0 Å². The number of hydrogen-bond acceptors (Lipinski definition) is 0. The second-order valence-electron chi connectivity index (χ2n) is 5.57. The molecular weight excluding hydrogens is 443 g/mol. The SMILES string of the molecule is CCCC.CCCCC1=[C-]CC=C1.[Hf].c1ccc2[cH-]ccc2c1. The zero-order valence-electron chi connectivity index (χ0n) is 14.9. The Kier molecular flexibility index (Phi) is 14.2. The van der Waals surface area contributed by atoms with Crippen LogP contribution in [0.15, 0.2) is 60.2 Å². The standard InChI is InChI=1S/C9H7.C9H13.C4H10.Hf/c1-2-5-9-7-3-6-8(9)4-1;1-2-3-6-9-7-4-5-8-9;1-3-4-2;/h1-7H;4,7H,2-3,5-6H2,1H3;3-4H2,1-2H3;/q2*-1;;. The first-order valence-corrected chi connectivity index (χ1v) is 8.68. The zero-order valence-corrected chi connectivity index (χ0v) is 18.5. The summed E-state index contributed by atoms with van der Waals surface area (Å²) < 4.78 is 0. The molecule has 0 amide bonds. The molecule has 1 aliphatic carbocycles. The smallest absolute Gasteiger partial charge is 0 e. The van der Waals surface area contributed by atoms with Crippen LogP contribution in [0, 0.1) is 6.08 Å². The van der Waals surface area contributed by atoms with E-state index in [-0.39, 0.29) is 25.8 Å². The fraction of sp³-hybridized carbons (Fsp3) is 0.409. The molecular formula is C22H30Hf-2. The first kappa shape index (κ1) is 22.2. The quantitative estimate of drug-likeness (QED) is 0.325. The molecule has 1 heteroatoms. The van der Waals surface area contributed by atoms with Crippen molar-refractivity contribution in [3.05, 3.63) is 66.3 Å². The van der Waals surface area contributed by atoms with Crippen LogP contribution in [0.2, 0.25) is 0 Å².